The summed E-state index contributed by atoms with van der Waals surface area (Å²) in [5.41, 5.74) is 1.80. The molecule has 0 atom stereocenters. The average molecular weight is 140 g/mol. The summed E-state index contributed by atoms with van der Waals surface area (Å²) in [6, 6.07) is 0. The smallest absolute Gasteiger partial charge is 0.296 e. The Morgan fingerprint density at radius 2 is 2.00 bits per heavy atom. The monoisotopic (exact) mass is 140 g/mol. The molecule has 0 saturated heterocycles. The Morgan fingerprint density at radius 1 is 1.40 bits per heavy atom. The number of rotatable bonds is 0. The van der Waals surface area contributed by atoms with Crippen LogP contribution in [0, 0.1) is 13.8 Å². The molecule has 3 nitrogen and oxygen atoms in total. The highest BCUT2D eigenvalue weighted by atomic mass is 16.4. The number of aromatic nitrogens is 1. The third kappa shape index (κ3) is 0.875. The molecule has 0 aliphatic carbocycles. The van der Waals surface area contributed by atoms with Crippen LogP contribution in [-0.4, -0.2) is 11.6 Å². The molecule has 0 spiro atoms. The number of hydrogen-bond acceptors (Lipinski definition) is 2. The second kappa shape index (κ2) is 2.33. The quantitative estimate of drug-likeness (QED) is 0.523. The standard InChI is InChI=1S/C7H12N2O/c1-5-6(2)10-7(8-3)9(5)4/h1-4H3/b8-7+. The third-order valence-electron chi connectivity index (χ3n) is 1.74. The predicted molar refractivity (Wildman–Crippen MR) is 38.6 cm³/mol. The van der Waals surface area contributed by atoms with Gasteiger partial charge in [-0.15, -0.1) is 0 Å². The van der Waals surface area contributed by atoms with Gasteiger partial charge in [-0.3, -0.25) is 4.57 Å². The van der Waals surface area contributed by atoms with E-state index >= 15 is 0 Å². The molecule has 1 heterocycles. The molecule has 0 aliphatic rings. The van der Waals surface area contributed by atoms with Gasteiger partial charge in [0.05, 0.1) is 5.69 Å². The topological polar surface area (TPSA) is 30.4 Å². The summed E-state index contributed by atoms with van der Waals surface area (Å²) in [5.74, 6) is 0.933. The molecule has 0 radical (unpaired) electrons. The summed E-state index contributed by atoms with van der Waals surface area (Å²) < 4.78 is 7.22. The summed E-state index contributed by atoms with van der Waals surface area (Å²) in [4.78, 5) is 3.95. The van der Waals surface area contributed by atoms with Gasteiger partial charge in [-0.1, -0.05) is 0 Å². The van der Waals surface area contributed by atoms with E-state index in [0.29, 0.717) is 5.68 Å². The highest BCUT2D eigenvalue weighted by Crippen LogP contribution is 2.00. The molecule has 10 heavy (non-hydrogen) atoms. The lowest BCUT2D eigenvalue weighted by Crippen LogP contribution is -2.12. The van der Waals surface area contributed by atoms with Gasteiger partial charge in [0.25, 0.3) is 5.68 Å². The number of aryl methyl sites for hydroxylation is 1. The van der Waals surface area contributed by atoms with Gasteiger partial charge in [-0.25, -0.2) is 4.99 Å². The van der Waals surface area contributed by atoms with Crippen molar-refractivity contribution in [2.75, 3.05) is 7.05 Å². The minimum atomic E-state index is 0.676. The normalized spacial score (nSPS) is 12.6. The van der Waals surface area contributed by atoms with Crippen LogP contribution in [0.15, 0.2) is 9.41 Å². The molecule has 0 saturated carbocycles. The van der Waals surface area contributed by atoms with Crippen LogP contribution in [0.5, 0.6) is 0 Å². The zero-order valence-electron chi connectivity index (χ0n) is 6.80. The Morgan fingerprint density at radius 3 is 2.20 bits per heavy atom. The van der Waals surface area contributed by atoms with E-state index in [1.807, 2.05) is 25.5 Å². The number of oxazole rings is 1. The Balaban J connectivity index is 3.46. The second-order valence-electron chi connectivity index (χ2n) is 2.31. The van der Waals surface area contributed by atoms with Crippen molar-refractivity contribution in [1.82, 2.24) is 4.57 Å². The fourth-order valence-corrected chi connectivity index (χ4v) is 0.855. The van der Waals surface area contributed by atoms with Gasteiger partial charge in [0.2, 0.25) is 0 Å². The molecule has 1 aromatic heterocycles. The molecule has 56 valence electrons. The predicted octanol–water partition coefficient (Wildman–Crippen LogP) is 0.765. The van der Waals surface area contributed by atoms with Gasteiger partial charge < -0.3 is 4.42 Å². The molecule has 0 fully saturated rings. The summed E-state index contributed by atoms with van der Waals surface area (Å²) >= 11 is 0. The maximum absolute atomic E-state index is 5.29. The summed E-state index contributed by atoms with van der Waals surface area (Å²) in [6.45, 7) is 3.94. The number of nitrogens with zero attached hydrogens (tertiary/aromatic N) is 2. The van der Waals surface area contributed by atoms with Crippen LogP contribution < -0.4 is 5.68 Å². The van der Waals surface area contributed by atoms with Gasteiger partial charge in [-0.2, -0.15) is 0 Å². The lowest BCUT2D eigenvalue weighted by Gasteiger charge is -1.89. The van der Waals surface area contributed by atoms with Crippen molar-refractivity contribution in [3.63, 3.8) is 0 Å². The van der Waals surface area contributed by atoms with Crippen LogP contribution in [0.3, 0.4) is 0 Å². The molecule has 0 aliphatic heterocycles. The first kappa shape index (κ1) is 7.12. The fourth-order valence-electron chi connectivity index (χ4n) is 0.855. The minimum Gasteiger partial charge on any atom is -0.429 e. The van der Waals surface area contributed by atoms with Crippen molar-refractivity contribution >= 4 is 0 Å². The summed E-state index contributed by atoms with van der Waals surface area (Å²) in [7, 11) is 3.66. The Kier molecular flexibility index (Phi) is 1.66. The SMILES string of the molecule is C/N=c1/oc(C)c(C)n1C. The molecule has 1 aromatic rings. The molecule has 0 unspecified atom stereocenters. The van der Waals surface area contributed by atoms with E-state index in [1.54, 1.807) is 7.05 Å². The third-order valence-corrected chi connectivity index (χ3v) is 1.74. The van der Waals surface area contributed by atoms with E-state index in [-0.39, 0.29) is 0 Å². The summed E-state index contributed by atoms with van der Waals surface area (Å²) in [6.07, 6.45) is 0. The minimum absolute atomic E-state index is 0.676. The van der Waals surface area contributed by atoms with E-state index in [9.17, 15) is 0 Å². The van der Waals surface area contributed by atoms with E-state index in [0.717, 1.165) is 11.5 Å². The van der Waals surface area contributed by atoms with Crippen LogP contribution in [0.2, 0.25) is 0 Å². The maximum atomic E-state index is 5.29. The molecular weight excluding hydrogens is 128 g/mol. The molecule has 0 N–H and O–H groups in total. The largest absolute Gasteiger partial charge is 0.429 e. The van der Waals surface area contributed by atoms with E-state index in [4.69, 9.17) is 4.42 Å². The van der Waals surface area contributed by atoms with Gasteiger partial charge in [0, 0.05) is 14.1 Å². The first-order valence-corrected chi connectivity index (χ1v) is 3.22. The molecular formula is C7H12N2O. The fraction of sp³-hybridized carbons (Fsp3) is 0.571. The molecule has 0 amide bonds. The molecule has 1 rings (SSSR count). The lowest BCUT2D eigenvalue weighted by atomic mass is 10.4. The average Bonchev–Trinajstić information content (AvgIpc) is 2.17. The van der Waals surface area contributed by atoms with E-state index in [1.165, 1.54) is 0 Å². The zero-order chi connectivity index (χ0) is 7.72. The lowest BCUT2D eigenvalue weighted by molar-refractivity contribution is 0.454. The highest BCUT2D eigenvalue weighted by Gasteiger charge is 2.00. The second-order valence-corrected chi connectivity index (χ2v) is 2.31. The van der Waals surface area contributed by atoms with Gasteiger partial charge in [0.15, 0.2) is 0 Å². The van der Waals surface area contributed by atoms with Crippen molar-refractivity contribution in [1.29, 1.82) is 0 Å². The highest BCUT2D eigenvalue weighted by molar-refractivity contribution is 5.03. The maximum Gasteiger partial charge on any atom is 0.296 e. The van der Waals surface area contributed by atoms with Crippen LogP contribution >= 0.6 is 0 Å². The first-order chi connectivity index (χ1) is 4.66. The van der Waals surface area contributed by atoms with Gasteiger partial charge >= 0.3 is 0 Å². The van der Waals surface area contributed by atoms with E-state index < -0.39 is 0 Å². The molecule has 3 heteroatoms. The van der Waals surface area contributed by atoms with Crippen molar-refractivity contribution in [3.05, 3.63) is 17.1 Å². The Bertz CT molecular complexity index is 293. The van der Waals surface area contributed by atoms with Crippen molar-refractivity contribution in [2.24, 2.45) is 12.0 Å². The Labute approximate surface area is 60.0 Å². The zero-order valence-corrected chi connectivity index (χ0v) is 6.80. The van der Waals surface area contributed by atoms with Gasteiger partial charge in [0.1, 0.15) is 5.76 Å². The van der Waals surface area contributed by atoms with Crippen molar-refractivity contribution in [3.8, 4) is 0 Å². The van der Waals surface area contributed by atoms with Crippen molar-refractivity contribution in [2.45, 2.75) is 13.8 Å². The van der Waals surface area contributed by atoms with Crippen LogP contribution in [0.1, 0.15) is 11.5 Å². The summed E-state index contributed by atoms with van der Waals surface area (Å²) in [5, 5.41) is 0. The first-order valence-electron chi connectivity index (χ1n) is 3.22. The van der Waals surface area contributed by atoms with E-state index in [2.05, 4.69) is 4.99 Å². The van der Waals surface area contributed by atoms with Crippen LogP contribution in [0.25, 0.3) is 0 Å². The van der Waals surface area contributed by atoms with Crippen LogP contribution in [0.4, 0.5) is 0 Å². The molecule has 0 bridgehead atoms. The number of hydrogen-bond donors (Lipinski definition) is 0. The van der Waals surface area contributed by atoms with Crippen molar-refractivity contribution < 1.29 is 4.42 Å². The molecule has 0 aromatic carbocycles. The van der Waals surface area contributed by atoms with Crippen LogP contribution in [-0.2, 0) is 7.05 Å². The van der Waals surface area contributed by atoms with Gasteiger partial charge in [-0.05, 0) is 13.8 Å². The Hall–Kier alpha value is -0.990.